The third kappa shape index (κ3) is 2.72. The van der Waals surface area contributed by atoms with Crippen LogP contribution in [-0.4, -0.2) is 16.2 Å². The van der Waals surface area contributed by atoms with Crippen molar-refractivity contribution in [2.75, 3.05) is 0 Å². The van der Waals surface area contributed by atoms with Gasteiger partial charge in [0, 0.05) is 0 Å². The molecule has 1 aromatic carbocycles. The SMILES string of the molecule is Cc1cc(C(=O)O)cc(C)c1O.[H-].[Na+]. The summed E-state index contributed by atoms with van der Waals surface area (Å²) in [6, 6.07) is 2.90. The first-order chi connectivity index (χ1) is 5.52. The maximum absolute atomic E-state index is 10.5. The Bertz CT molecular complexity index is 316. The molecule has 2 N–H and O–H groups in total. The van der Waals surface area contributed by atoms with E-state index in [0.29, 0.717) is 11.1 Å². The number of carboxylic acid groups (broad SMARTS) is 1. The first-order valence-electron chi connectivity index (χ1n) is 3.56. The number of benzene rings is 1. The minimum atomic E-state index is -0.971. The number of aromatic hydroxyl groups is 1. The molecule has 0 amide bonds. The Kier molecular flexibility index (Phi) is 4.47. The molecule has 66 valence electrons. The van der Waals surface area contributed by atoms with Gasteiger partial charge in [0.2, 0.25) is 0 Å². The van der Waals surface area contributed by atoms with Crippen molar-refractivity contribution in [3.05, 3.63) is 28.8 Å². The third-order valence-corrected chi connectivity index (χ3v) is 1.74. The van der Waals surface area contributed by atoms with E-state index in [1.54, 1.807) is 13.8 Å². The topological polar surface area (TPSA) is 57.5 Å². The summed E-state index contributed by atoms with van der Waals surface area (Å²) in [4.78, 5) is 10.5. The van der Waals surface area contributed by atoms with Gasteiger partial charge in [0.15, 0.2) is 0 Å². The van der Waals surface area contributed by atoms with Crippen LogP contribution in [0.1, 0.15) is 22.9 Å². The predicted molar refractivity (Wildman–Crippen MR) is 45.7 cm³/mol. The standard InChI is InChI=1S/C9H10O3.Na.H/c1-5-3-7(9(11)12)4-6(2)8(5)10;;/h3-4,10H,1-2H3,(H,11,12);;/q;+1;-1. The van der Waals surface area contributed by atoms with Crippen molar-refractivity contribution in [3.63, 3.8) is 0 Å². The maximum atomic E-state index is 10.5. The van der Waals surface area contributed by atoms with Crippen LogP contribution in [0.3, 0.4) is 0 Å². The van der Waals surface area contributed by atoms with Crippen LogP contribution in [0, 0.1) is 13.8 Å². The van der Waals surface area contributed by atoms with Crippen LogP contribution in [0.5, 0.6) is 5.75 Å². The van der Waals surface area contributed by atoms with Gasteiger partial charge in [-0.05, 0) is 37.1 Å². The van der Waals surface area contributed by atoms with Gasteiger partial charge in [0.25, 0.3) is 0 Å². The third-order valence-electron chi connectivity index (χ3n) is 1.74. The van der Waals surface area contributed by atoms with Gasteiger partial charge in [0.1, 0.15) is 5.75 Å². The predicted octanol–water partition coefficient (Wildman–Crippen LogP) is -1.18. The number of hydrogen-bond acceptors (Lipinski definition) is 2. The normalized spacial score (nSPS) is 9.08. The van der Waals surface area contributed by atoms with Crippen LogP contribution >= 0.6 is 0 Å². The Morgan fingerprint density at radius 3 is 2.00 bits per heavy atom. The number of carbonyl (C=O) groups is 1. The molecule has 0 unspecified atom stereocenters. The number of aromatic carboxylic acids is 1. The Balaban J connectivity index is 0. The molecular weight excluding hydrogens is 179 g/mol. The van der Waals surface area contributed by atoms with E-state index in [9.17, 15) is 9.90 Å². The van der Waals surface area contributed by atoms with Crippen LogP contribution in [0.2, 0.25) is 0 Å². The van der Waals surface area contributed by atoms with Crippen molar-refractivity contribution < 1.29 is 46.0 Å². The number of aryl methyl sites for hydroxylation is 2. The van der Waals surface area contributed by atoms with E-state index in [0.717, 1.165) is 0 Å². The van der Waals surface area contributed by atoms with Crippen molar-refractivity contribution >= 4 is 5.97 Å². The second kappa shape index (κ2) is 4.65. The molecule has 4 heteroatoms. The molecule has 1 aromatic rings. The first kappa shape index (κ1) is 12.5. The molecule has 0 aromatic heterocycles. The minimum Gasteiger partial charge on any atom is -1.00 e. The number of phenolic OH excluding ortho intramolecular Hbond substituents is 1. The summed E-state index contributed by atoms with van der Waals surface area (Å²) in [7, 11) is 0. The average Bonchev–Trinajstić information content (AvgIpc) is 1.99. The molecule has 0 aliphatic carbocycles. The fraction of sp³-hybridized carbons (Fsp3) is 0.222. The minimum absolute atomic E-state index is 0. The molecule has 0 aliphatic heterocycles. The first-order valence-corrected chi connectivity index (χ1v) is 3.56. The van der Waals surface area contributed by atoms with Gasteiger partial charge in [-0.15, -0.1) is 0 Å². The molecule has 0 radical (unpaired) electrons. The molecule has 1 rings (SSSR count). The van der Waals surface area contributed by atoms with Gasteiger partial charge in [0.05, 0.1) is 5.56 Å². The maximum Gasteiger partial charge on any atom is 1.00 e. The Morgan fingerprint density at radius 2 is 1.69 bits per heavy atom. The van der Waals surface area contributed by atoms with E-state index in [-0.39, 0.29) is 42.3 Å². The fourth-order valence-corrected chi connectivity index (χ4v) is 1.08. The van der Waals surface area contributed by atoms with E-state index in [1.807, 2.05) is 0 Å². The zero-order chi connectivity index (χ0) is 9.30. The molecule has 0 aliphatic rings. The molecule has 0 heterocycles. The van der Waals surface area contributed by atoms with E-state index in [4.69, 9.17) is 5.11 Å². The van der Waals surface area contributed by atoms with Crippen molar-refractivity contribution in [1.29, 1.82) is 0 Å². The van der Waals surface area contributed by atoms with Crippen LogP contribution in [0.15, 0.2) is 12.1 Å². The van der Waals surface area contributed by atoms with E-state index >= 15 is 0 Å². The molecule has 0 atom stereocenters. The number of rotatable bonds is 1. The van der Waals surface area contributed by atoms with E-state index in [1.165, 1.54) is 12.1 Å². The van der Waals surface area contributed by atoms with Crippen LogP contribution in [0.25, 0.3) is 0 Å². The summed E-state index contributed by atoms with van der Waals surface area (Å²) in [5.41, 5.74) is 1.39. The Hall–Kier alpha value is -0.510. The van der Waals surface area contributed by atoms with E-state index < -0.39 is 5.97 Å². The molecule has 3 nitrogen and oxygen atoms in total. The van der Waals surface area contributed by atoms with Gasteiger partial charge in [-0.1, -0.05) is 0 Å². The van der Waals surface area contributed by atoms with Crippen molar-refractivity contribution in [3.8, 4) is 5.75 Å². The van der Waals surface area contributed by atoms with Gasteiger partial charge in [-0.2, -0.15) is 0 Å². The molecular formula is C9H11NaO3. The van der Waals surface area contributed by atoms with Crippen LogP contribution in [-0.2, 0) is 0 Å². The molecule has 0 fully saturated rings. The van der Waals surface area contributed by atoms with Gasteiger partial charge >= 0.3 is 35.5 Å². The molecule has 0 saturated carbocycles. The molecule has 0 spiro atoms. The van der Waals surface area contributed by atoms with Crippen molar-refractivity contribution in [2.24, 2.45) is 0 Å². The van der Waals surface area contributed by atoms with Gasteiger partial charge in [-0.3, -0.25) is 0 Å². The Morgan fingerprint density at radius 1 is 1.31 bits per heavy atom. The monoisotopic (exact) mass is 190 g/mol. The van der Waals surface area contributed by atoms with Gasteiger partial charge < -0.3 is 11.6 Å². The zero-order valence-electron chi connectivity index (χ0n) is 8.96. The van der Waals surface area contributed by atoms with E-state index in [2.05, 4.69) is 0 Å². The Labute approximate surface area is 100 Å². The quantitative estimate of drug-likeness (QED) is 0.548. The summed E-state index contributed by atoms with van der Waals surface area (Å²) in [5.74, 6) is -0.804. The van der Waals surface area contributed by atoms with Crippen LogP contribution in [0.4, 0.5) is 0 Å². The zero-order valence-corrected chi connectivity index (χ0v) is 9.96. The van der Waals surface area contributed by atoms with Crippen molar-refractivity contribution in [1.82, 2.24) is 0 Å². The van der Waals surface area contributed by atoms with Gasteiger partial charge in [-0.25, -0.2) is 4.79 Å². The number of phenols is 1. The molecule has 13 heavy (non-hydrogen) atoms. The number of hydrogen-bond donors (Lipinski definition) is 2. The van der Waals surface area contributed by atoms with Crippen LogP contribution < -0.4 is 29.6 Å². The molecule has 0 saturated heterocycles. The molecule has 0 bridgehead atoms. The summed E-state index contributed by atoms with van der Waals surface area (Å²) >= 11 is 0. The summed E-state index contributed by atoms with van der Waals surface area (Å²) in [5, 5.41) is 18.0. The smallest absolute Gasteiger partial charge is 1.00 e. The summed E-state index contributed by atoms with van der Waals surface area (Å²) in [6.45, 7) is 3.35. The fourth-order valence-electron chi connectivity index (χ4n) is 1.08. The second-order valence-electron chi connectivity index (χ2n) is 2.76. The average molecular weight is 190 g/mol. The van der Waals surface area contributed by atoms with Crippen molar-refractivity contribution in [2.45, 2.75) is 13.8 Å². The summed E-state index contributed by atoms with van der Waals surface area (Å²) in [6.07, 6.45) is 0. The largest absolute Gasteiger partial charge is 1.00 e. The summed E-state index contributed by atoms with van der Waals surface area (Å²) < 4.78 is 0. The second-order valence-corrected chi connectivity index (χ2v) is 2.76. The number of carboxylic acids is 1.